The zero-order chi connectivity index (χ0) is 28.1. The molecule has 1 atom stereocenters. The van der Waals surface area contributed by atoms with Crippen LogP contribution in [0.3, 0.4) is 0 Å². The van der Waals surface area contributed by atoms with Crippen molar-refractivity contribution in [1.82, 2.24) is 24.6 Å². The Labute approximate surface area is 237 Å². The maximum atomic E-state index is 16.1. The van der Waals surface area contributed by atoms with Crippen molar-refractivity contribution in [2.24, 2.45) is 0 Å². The fraction of sp³-hybridized carbons (Fsp3) is 0.286. The van der Waals surface area contributed by atoms with Gasteiger partial charge in [0.2, 0.25) is 5.91 Å². The Morgan fingerprint density at radius 1 is 1.27 bits per heavy atom. The summed E-state index contributed by atoms with van der Waals surface area (Å²) in [6.45, 7) is 6.96. The molecule has 0 aliphatic carbocycles. The van der Waals surface area contributed by atoms with Crippen LogP contribution in [0.2, 0.25) is 0 Å². The maximum absolute atomic E-state index is 16.1. The minimum atomic E-state index is -0.384. The van der Waals surface area contributed by atoms with Crippen molar-refractivity contribution in [1.29, 1.82) is 0 Å². The van der Waals surface area contributed by atoms with Crippen molar-refractivity contribution in [2.45, 2.75) is 26.0 Å². The Kier molecular flexibility index (Phi) is 6.77. The van der Waals surface area contributed by atoms with E-state index >= 15 is 4.39 Å². The lowest BCUT2D eigenvalue weighted by Gasteiger charge is -2.16. The van der Waals surface area contributed by atoms with E-state index in [0.717, 1.165) is 21.0 Å². The molecule has 2 N–H and O–H groups in total. The van der Waals surface area contributed by atoms with Gasteiger partial charge in [-0.2, -0.15) is 5.10 Å². The predicted molar refractivity (Wildman–Crippen MR) is 156 cm³/mol. The second-order valence-electron chi connectivity index (χ2n) is 9.66. The third-order valence-corrected chi connectivity index (χ3v) is 9.30. The van der Waals surface area contributed by atoms with Gasteiger partial charge in [0.15, 0.2) is 5.82 Å². The van der Waals surface area contributed by atoms with Crippen LogP contribution in [-0.4, -0.2) is 57.9 Å². The van der Waals surface area contributed by atoms with Crippen molar-refractivity contribution >= 4 is 55.4 Å². The van der Waals surface area contributed by atoms with Gasteiger partial charge < -0.3 is 20.1 Å². The highest BCUT2D eigenvalue weighted by Crippen LogP contribution is 2.47. The minimum Gasteiger partial charge on any atom is -0.495 e. The molecule has 0 saturated carbocycles. The molecule has 9 nitrogen and oxygen atoms in total. The average Bonchev–Trinajstić information content (AvgIpc) is 3.74. The van der Waals surface area contributed by atoms with E-state index in [1.54, 1.807) is 31.5 Å². The summed E-state index contributed by atoms with van der Waals surface area (Å²) in [5, 5.41) is 6.74. The van der Waals surface area contributed by atoms with Gasteiger partial charge in [-0.3, -0.25) is 9.48 Å². The number of halogens is 1. The van der Waals surface area contributed by atoms with Gasteiger partial charge in [0, 0.05) is 38.0 Å². The molecule has 1 amide bonds. The number of thiazole rings is 1. The molecule has 5 heterocycles. The van der Waals surface area contributed by atoms with Gasteiger partial charge in [-0.15, -0.1) is 22.7 Å². The van der Waals surface area contributed by atoms with Crippen LogP contribution in [0.5, 0.6) is 5.75 Å². The van der Waals surface area contributed by atoms with Crippen molar-refractivity contribution in [3.05, 3.63) is 53.4 Å². The molecule has 6 rings (SSSR count). The van der Waals surface area contributed by atoms with Gasteiger partial charge in [0.05, 0.1) is 50.7 Å². The number of aromatic nitrogens is 4. The Morgan fingerprint density at radius 3 is 2.85 bits per heavy atom. The number of amides is 1. The zero-order valence-electron chi connectivity index (χ0n) is 22.2. The SMILES string of the molecule is C=CC(=O)N1CC[C@H](n2nc(-c3sc4c(OC)cc(C)cc4c3F)c3c(N)ncc(-c4ncc(COC)s4)c32)C1. The van der Waals surface area contributed by atoms with Crippen LogP contribution in [0, 0.1) is 12.7 Å². The molecule has 1 aromatic carbocycles. The molecule has 1 aliphatic rings. The third kappa shape index (κ3) is 4.23. The van der Waals surface area contributed by atoms with Gasteiger partial charge in [0.1, 0.15) is 22.3 Å². The lowest BCUT2D eigenvalue weighted by molar-refractivity contribution is -0.125. The largest absolute Gasteiger partial charge is 0.495 e. The van der Waals surface area contributed by atoms with Gasteiger partial charge in [0.25, 0.3) is 0 Å². The van der Waals surface area contributed by atoms with E-state index in [1.807, 2.05) is 23.7 Å². The Balaban J connectivity index is 1.62. The molecule has 4 aromatic heterocycles. The lowest BCUT2D eigenvalue weighted by Crippen LogP contribution is -2.27. The standard InChI is InChI=1S/C28H27FN6O3S2/c1-5-20(36)34-7-6-15(12-34)35-24-18(28-32-10-16(39-28)13-37-3)11-31-27(30)21(24)23(33-35)26-22(29)17-8-14(2)9-19(38-4)25(17)40-26/h5,8-11,15H,1,6-7,12-13H2,2-4H3,(H2,30,31)/t15-/m0/s1. The predicted octanol–water partition coefficient (Wildman–Crippen LogP) is 5.58. The topological polar surface area (TPSA) is 108 Å². The zero-order valence-corrected chi connectivity index (χ0v) is 23.9. The molecule has 1 fully saturated rings. The summed E-state index contributed by atoms with van der Waals surface area (Å²) < 4.78 is 29.6. The van der Waals surface area contributed by atoms with Gasteiger partial charge >= 0.3 is 0 Å². The summed E-state index contributed by atoms with van der Waals surface area (Å²) in [5.41, 5.74) is 9.24. The summed E-state index contributed by atoms with van der Waals surface area (Å²) in [7, 11) is 3.21. The highest BCUT2D eigenvalue weighted by Gasteiger charge is 2.32. The number of hydrogen-bond donors (Lipinski definition) is 1. The molecule has 5 aromatic rings. The molecular formula is C28H27FN6O3S2. The van der Waals surface area contributed by atoms with E-state index in [4.69, 9.17) is 20.3 Å². The molecule has 40 heavy (non-hydrogen) atoms. The second kappa shape index (κ2) is 10.3. The summed E-state index contributed by atoms with van der Waals surface area (Å²) in [6, 6.07) is 3.53. The molecule has 0 bridgehead atoms. The number of methoxy groups -OCH3 is 2. The van der Waals surface area contributed by atoms with Crippen molar-refractivity contribution in [3.8, 4) is 26.9 Å². The fourth-order valence-corrected chi connectivity index (χ4v) is 7.31. The number of rotatable bonds is 7. The minimum absolute atomic E-state index is 0.136. The van der Waals surface area contributed by atoms with Crippen molar-refractivity contribution in [2.75, 3.05) is 33.0 Å². The summed E-state index contributed by atoms with van der Waals surface area (Å²) in [4.78, 5) is 24.6. The number of carbonyl (C=O) groups is 1. The number of carbonyl (C=O) groups excluding carboxylic acids is 1. The van der Waals surface area contributed by atoms with E-state index in [-0.39, 0.29) is 23.6 Å². The van der Waals surface area contributed by atoms with Crippen LogP contribution in [0.25, 0.3) is 42.1 Å². The molecule has 206 valence electrons. The lowest BCUT2D eigenvalue weighted by atomic mass is 10.1. The monoisotopic (exact) mass is 578 g/mol. The summed E-state index contributed by atoms with van der Waals surface area (Å²) in [6.07, 6.45) is 5.45. The van der Waals surface area contributed by atoms with Crippen LogP contribution in [0.1, 0.15) is 22.9 Å². The van der Waals surface area contributed by atoms with E-state index < -0.39 is 0 Å². The van der Waals surface area contributed by atoms with Crippen LogP contribution in [0.4, 0.5) is 10.2 Å². The second-order valence-corrected chi connectivity index (χ2v) is 11.8. The number of pyridine rings is 1. The summed E-state index contributed by atoms with van der Waals surface area (Å²) >= 11 is 2.76. The molecule has 12 heteroatoms. The van der Waals surface area contributed by atoms with E-state index in [2.05, 4.69) is 16.5 Å². The highest BCUT2D eigenvalue weighted by molar-refractivity contribution is 7.22. The highest BCUT2D eigenvalue weighted by atomic mass is 32.1. The smallest absolute Gasteiger partial charge is 0.246 e. The number of hydrogen-bond acceptors (Lipinski definition) is 9. The number of aryl methyl sites for hydroxylation is 1. The van der Waals surface area contributed by atoms with Crippen LogP contribution in [0.15, 0.2) is 37.2 Å². The number of fused-ring (bicyclic) bond motifs is 2. The molecule has 0 spiro atoms. The Morgan fingerprint density at radius 2 is 2.10 bits per heavy atom. The fourth-order valence-electron chi connectivity index (χ4n) is 5.27. The number of nitrogens with two attached hydrogens (primary N) is 1. The molecule has 1 aliphatic heterocycles. The average molecular weight is 579 g/mol. The first kappa shape index (κ1) is 26.4. The molecule has 1 saturated heterocycles. The number of benzene rings is 1. The maximum Gasteiger partial charge on any atom is 0.246 e. The number of anilines is 1. The van der Waals surface area contributed by atoms with E-state index in [1.165, 1.54) is 28.7 Å². The number of likely N-dealkylation sites (tertiary alicyclic amines) is 1. The first-order valence-corrected chi connectivity index (χ1v) is 14.3. The van der Waals surface area contributed by atoms with Crippen LogP contribution >= 0.6 is 22.7 Å². The Hall–Kier alpha value is -3.87. The van der Waals surface area contributed by atoms with E-state index in [9.17, 15) is 4.79 Å². The first-order valence-electron chi connectivity index (χ1n) is 12.6. The summed E-state index contributed by atoms with van der Waals surface area (Å²) in [5.74, 6) is 0.321. The van der Waals surface area contributed by atoms with Gasteiger partial charge in [-0.25, -0.2) is 14.4 Å². The molecular weight excluding hydrogens is 551 g/mol. The van der Waals surface area contributed by atoms with E-state index in [0.29, 0.717) is 63.4 Å². The quantitative estimate of drug-likeness (QED) is 0.251. The number of nitrogen functional groups attached to an aromatic ring is 1. The van der Waals surface area contributed by atoms with Gasteiger partial charge in [-0.05, 0) is 37.1 Å². The normalized spacial score (nSPS) is 15.4. The van der Waals surface area contributed by atoms with Crippen LogP contribution in [-0.2, 0) is 16.1 Å². The molecule has 0 radical (unpaired) electrons. The van der Waals surface area contributed by atoms with Crippen LogP contribution < -0.4 is 10.5 Å². The number of thiophene rings is 1. The molecule has 0 unspecified atom stereocenters. The Bertz CT molecular complexity index is 1790. The number of ether oxygens (including phenoxy) is 2. The van der Waals surface area contributed by atoms with Gasteiger partial charge in [-0.1, -0.05) is 6.58 Å². The number of nitrogens with zero attached hydrogens (tertiary/aromatic N) is 5. The van der Waals surface area contributed by atoms with Crippen molar-refractivity contribution < 1.29 is 18.7 Å². The third-order valence-electron chi connectivity index (χ3n) is 7.09. The first-order chi connectivity index (χ1) is 19.3. The van der Waals surface area contributed by atoms with Crippen molar-refractivity contribution in [3.63, 3.8) is 0 Å².